The van der Waals surface area contributed by atoms with E-state index < -0.39 is 0 Å². The van der Waals surface area contributed by atoms with E-state index in [1.807, 2.05) is 0 Å². The number of furan rings is 1. The van der Waals surface area contributed by atoms with E-state index >= 15 is 0 Å². The second-order valence-corrected chi connectivity index (χ2v) is 2.54. The molecule has 3 nitrogen and oxygen atoms in total. The summed E-state index contributed by atoms with van der Waals surface area (Å²) in [6.45, 7) is 7.40. The average Bonchev–Trinajstić information content (AvgIpc) is 2.47. The number of esters is 1. The second-order valence-electron chi connectivity index (χ2n) is 2.54. The number of hydrogen-bond donors (Lipinski definition) is 0. The monoisotopic (exact) mass is 180 g/mol. The van der Waals surface area contributed by atoms with E-state index in [9.17, 15) is 4.79 Å². The van der Waals surface area contributed by atoms with E-state index in [1.54, 1.807) is 26.0 Å². The average molecular weight is 180 g/mol. The maximum atomic E-state index is 11.3. The Balaban J connectivity index is 2.93. The van der Waals surface area contributed by atoms with E-state index in [0.717, 1.165) is 0 Å². The van der Waals surface area contributed by atoms with E-state index in [1.165, 1.54) is 0 Å². The minimum absolute atomic E-state index is 0.350. The van der Waals surface area contributed by atoms with Crippen molar-refractivity contribution >= 4 is 12.0 Å². The number of hydrogen-bond acceptors (Lipinski definition) is 3. The van der Waals surface area contributed by atoms with Crippen molar-refractivity contribution in [2.45, 2.75) is 13.8 Å². The fourth-order valence-electron chi connectivity index (χ4n) is 1.02. The minimum Gasteiger partial charge on any atom is -0.462 e. The summed E-state index contributed by atoms with van der Waals surface area (Å²) in [6, 6.07) is 1.63. The van der Waals surface area contributed by atoms with Crippen molar-refractivity contribution < 1.29 is 13.9 Å². The van der Waals surface area contributed by atoms with Crippen molar-refractivity contribution in [3.05, 3.63) is 29.7 Å². The molecule has 0 radical (unpaired) electrons. The molecule has 0 aliphatic heterocycles. The Morgan fingerprint density at radius 1 is 1.77 bits per heavy atom. The summed E-state index contributed by atoms with van der Waals surface area (Å²) in [6.07, 6.45) is 1.55. The third-order valence-corrected chi connectivity index (χ3v) is 1.63. The van der Waals surface area contributed by atoms with E-state index in [-0.39, 0.29) is 5.97 Å². The second kappa shape index (κ2) is 3.94. The van der Waals surface area contributed by atoms with Gasteiger partial charge in [0.15, 0.2) is 0 Å². The van der Waals surface area contributed by atoms with Crippen LogP contribution in [-0.2, 0) is 4.74 Å². The Labute approximate surface area is 77.0 Å². The van der Waals surface area contributed by atoms with Gasteiger partial charge in [0.25, 0.3) is 0 Å². The molecule has 0 unspecified atom stereocenters. The van der Waals surface area contributed by atoms with Gasteiger partial charge in [-0.05, 0) is 26.0 Å². The lowest BCUT2D eigenvalue weighted by Crippen LogP contribution is -2.04. The Morgan fingerprint density at radius 2 is 2.46 bits per heavy atom. The van der Waals surface area contributed by atoms with Gasteiger partial charge >= 0.3 is 5.97 Å². The van der Waals surface area contributed by atoms with Crippen molar-refractivity contribution in [3.8, 4) is 0 Å². The molecule has 0 amide bonds. The molecule has 0 saturated heterocycles. The Bertz CT molecular complexity index is 323. The molecule has 0 aliphatic rings. The van der Waals surface area contributed by atoms with Crippen LogP contribution in [0.15, 0.2) is 17.1 Å². The van der Waals surface area contributed by atoms with Gasteiger partial charge in [-0.2, -0.15) is 0 Å². The number of aryl methyl sites for hydroxylation is 1. The normalized spacial score (nSPS) is 9.69. The van der Waals surface area contributed by atoms with Gasteiger partial charge in [0.05, 0.1) is 6.61 Å². The van der Waals surface area contributed by atoms with Crippen LogP contribution in [0.3, 0.4) is 0 Å². The molecule has 0 N–H and O–H groups in total. The predicted octanol–water partition coefficient (Wildman–Crippen LogP) is 2.41. The van der Waals surface area contributed by atoms with Gasteiger partial charge in [0.2, 0.25) is 0 Å². The highest BCUT2D eigenvalue weighted by atomic mass is 16.5. The van der Waals surface area contributed by atoms with Gasteiger partial charge in [-0.1, -0.05) is 6.58 Å². The van der Waals surface area contributed by atoms with Crippen LogP contribution in [0.25, 0.3) is 6.08 Å². The summed E-state index contributed by atoms with van der Waals surface area (Å²) in [5, 5.41) is 0. The highest BCUT2D eigenvalue weighted by Gasteiger charge is 2.14. The van der Waals surface area contributed by atoms with Gasteiger partial charge in [-0.15, -0.1) is 0 Å². The summed E-state index contributed by atoms with van der Waals surface area (Å²) in [5.74, 6) is 0.797. The van der Waals surface area contributed by atoms with Crippen LogP contribution in [-0.4, -0.2) is 12.6 Å². The molecule has 0 bridgehead atoms. The van der Waals surface area contributed by atoms with Crippen molar-refractivity contribution in [2.75, 3.05) is 6.61 Å². The first-order valence-corrected chi connectivity index (χ1v) is 4.09. The van der Waals surface area contributed by atoms with Crippen LogP contribution < -0.4 is 0 Å². The maximum Gasteiger partial charge on any atom is 0.341 e. The molecule has 1 rings (SSSR count). The SMILES string of the molecule is C=Cc1cc(C(=O)OCC)c(C)o1. The first-order chi connectivity index (χ1) is 6.19. The Kier molecular flexibility index (Phi) is 2.90. The largest absolute Gasteiger partial charge is 0.462 e. The molecular weight excluding hydrogens is 168 g/mol. The zero-order chi connectivity index (χ0) is 9.84. The predicted molar refractivity (Wildman–Crippen MR) is 49.5 cm³/mol. The lowest BCUT2D eigenvalue weighted by atomic mass is 10.2. The third kappa shape index (κ3) is 1.99. The fourth-order valence-corrected chi connectivity index (χ4v) is 1.02. The summed E-state index contributed by atoms with van der Waals surface area (Å²) < 4.78 is 10.0. The standard InChI is InChI=1S/C10H12O3/c1-4-8-6-9(7(3)13-8)10(11)12-5-2/h4,6H,1,5H2,2-3H3. The molecule has 3 heteroatoms. The molecule has 0 spiro atoms. The van der Waals surface area contributed by atoms with Gasteiger partial charge in [0.1, 0.15) is 17.1 Å². The van der Waals surface area contributed by atoms with Crippen LogP contribution in [0.1, 0.15) is 28.8 Å². The first-order valence-electron chi connectivity index (χ1n) is 4.09. The van der Waals surface area contributed by atoms with Crippen molar-refractivity contribution in [1.82, 2.24) is 0 Å². The smallest absolute Gasteiger partial charge is 0.341 e. The van der Waals surface area contributed by atoms with Crippen LogP contribution >= 0.6 is 0 Å². The lowest BCUT2D eigenvalue weighted by Gasteiger charge is -1.97. The molecule has 1 aromatic rings. The zero-order valence-electron chi connectivity index (χ0n) is 7.79. The van der Waals surface area contributed by atoms with Crippen LogP contribution in [0.5, 0.6) is 0 Å². The number of ether oxygens (including phenoxy) is 1. The van der Waals surface area contributed by atoms with E-state index in [2.05, 4.69) is 6.58 Å². The third-order valence-electron chi connectivity index (χ3n) is 1.63. The molecule has 0 aliphatic carbocycles. The van der Waals surface area contributed by atoms with Crippen LogP contribution in [0.2, 0.25) is 0 Å². The van der Waals surface area contributed by atoms with Crippen LogP contribution in [0, 0.1) is 6.92 Å². The van der Waals surface area contributed by atoms with Crippen molar-refractivity contribution in [1.29, 1.82) is 0 Å². The van der Waals surface area contributed by atoms with Gasteiger partial charge in [-0.25, -0.2) is 4.79 Å². The highest BCUT2D eigenvalue weighted by Crippen LogP contribution is 2.16. The Morgan fingerprint density at radius 3 is 2.92 bits per heavy atom. The van der Waals surface area contributed by atoms with Crippen molar-refractivity contribution in [3.63, 3.8) is 0 Å². The van der Waals surface area contributed by atoms with Crippen LogP contribution in [0.4, 0.5) is 0 Å². The first kappa shape index (κ1) is 9.58. The summed E-state index contributed by atoms with van der Waals surface area (Å²) in [4.78, 5) is 11.3. The Hall–Kier alpha value is -1.51. The maximum absolute atomic E-state index is 11.3. The number of rotatable bonds is 3. The quantitative estimate of drug-likeness (QED) is 0.670. The summed E-state index contributed by atoms with van der Waals surface area (Å²) >= 11 is 0. The van der Waals surface area contributed by atoms with Gasteiger partial charge in [-0.3, -0.25) is 0 Å². The topological polar surface area (TPSA) is 39.4 Å². The molecule has 0 fully saturated rings. The highest BCUT2D eigenvalue weighted by molar-refractivity contribution is 5.91. The zero-order valence-corrected chi connectivity index (χ0v) is 7.79. The number of carbonyl (C=O) groups excluding carboxylic acids is 1. The summed E-state index contributed by atoms with van der Waals surface area (Å²) in [7, 11) is 0. The molecule has 13 heavy (non-hydrogen) atoms. The molecule has 0 saturated carbocycles. The van der Waals surface area contributed by atoms with Gasteiger partial charge < -0.3 is 9.15 Å². The van der Waals surface area contributed by atoms with Gasteiger partial charge in [0, 0.05) is 0 Å². The van der Waals surface area contributed by atoms with Crippen molar-refractivity contribution in [2.24, 2.45) is 0 Å². The van der Waals surface area contributed by atoms with E-state index in [4.69, 9.17) is 9.15 Å². The molecular formula is C10H12O3. The summed E-state index contributed by atoms with van der Waals surface area (Å²) in [5.41, 5.74) is 0.469. The minimum atomic E-state index is -0.350. The molecule has 0 atom stereocenters. The molecule has 1 heterocycles. The number of carbonyl (C=O) groups is 1. The van der Waals surface area contributed by atoms with E-state index in [0.29, 0.717) is 23.7 Å². The fraction of sp³-hybridized carbons (Fsp3) is 0.300. The molecule has 0 aromatic carbocycles. The lowest BCUT2D eigenvalue weighted by molar-refractivity contribution is 0.0524. The molecule has 1 aromatic heterocycles. The molecule has 70 valence electrons.